The van der Waals surface area contributed by atoms with Crippen molar-refractivity contribution in [1.82, 2.24) is 10.3 Å². The van der Waals surface area contributed by atoms with Crippen LogP contribution in [0.15, 0.2) is 12.3 Å². The zero-order chi connectivity index (χ0) is 19.1. The molecule has 1 aromatic rings. The predicted octanol–water partition coefficient (Wildman–Crippen LogP) is 1.40. The van der Waals surface area contributed by atoms with E-state index in [0.29, 0.717) is 25.4 Å². The highest BCUT2D eigenvalue weighted by Gasteiger charge is 2.43. The Morgan fingerprint density at radius 2 is 1.88 bits per heavy atom. The molecular formula is C18H28N2O6. The maximum Gasteiger partial charge on any atom is 0.275 e. The normalized spacial score (nSPS) is 25.8. The van der Waals surface area contributed by atoms with Gasteiger partial charge in [0.05, 0.1) is 6.61 Å². The second kappa shape index (κ2) is 9.82. The fraction of sp³-hybridized carbons (Fsp3) is 0.667. The van der Waals surface area contributed by atoms with Crippen LogP contribution in [0.25, 0.3) is 0 Å². The number of rotatable bonds is 8. The van der Waals surface area contributed by atoms with Gasteiger partial charge in [-0.3, -0.25) is 4.79 Å². The Hall–Kier alpha value is -1.74. The van der Waals surface area contributed by atoms with Gasteiger partial charge in [-0.25, -0.2) is 4.98 Å². The molecule has 0 spiro atoms. The predicted molar refractivity (Wildman–Crippen MR) is 94.1 cm³/mol. The number of nitrogens with one attached hydrogen (secondary N) is 1. The van der Waals surface area contributed by atoms with Crippen molar-refractivity contribution < 1.29 is 28.8 Å². The molecule has 0 radical (unpaired) electrons. The lowest BCUT2D eigenvalue weighted by Gasteiger charge is -2.41. The highest BCUT2D eigenvalue weighted by Crippen LogP contribution is 2.24. The fourth-order valence-electron chi connectivity index (χ4n) is 2.94. The Morgan fingerprint density at radius 1 is 1.23 bits per heavy atom. The van der Waals surface area contributed by atoms with E-state index >= 15 is 0 Å². The van der Waals surface area contributed by atoms with E-state index in [2.05, 4.69) is 10.3 Å². The number of amides is 1. The molecule has 0 saturated carbocycles. The van der Waals surface area contributed by atoms with Gasteiger partial charge in [-0.1, -0.05) is 0 Å². The lowest BCUT2D eigenvalue weighted by molar-refractivity contribution is -0.231. The largest absolute Gasteiger partial charge is 0.505 e. The summed E-state index contributed by atoms with van der Waals surface area (Å²) in [7, 11) is 0. The van der Waals surface area contributed by atoms with E-state index in [1.807, 2.05) is 20.8 Å². The molecule has 1 saturated heterocycles. The molecule has 1 aromatic heterocycles. The third-order valence-corrected chi connectivity index (χ3v) is 4.14. The van der Waals surface area contributed by atoms with Crippen molar-refractivity contribution in [2.45, 2.75) is 52.2 Å². The Morgan fingerprint density at radius 3 is 2.54 bits per heavy atom. The Kier molecular flexibility index (Phi) is 7.77. The molecule has 26 heavy (non-hydrogen) atoms. The first-order chi connectivity index (χ1) is 12.5. The summed E-state index contributed by atoms with van der Waals surface area (Å²) < 4.78 is 23.1. The van der Waals surface area contributed by atoms with Crippen LogP contribution in [0.5, 0.6) is 5.75 Å². The molecule has 2 N–H and O–H groups in total. The van der Waals surface area contributed by atoms with Crippen LogP contribution in [0.1, 0.15) is 36.8 Å². The van der Waals surface area contributed by atoms with Gasteiger partial charge in [-0.15, -0.1) is 0 Å². The molecule has 1 aliphatic heterocycles. The highest BCUT2D eigenvalue weighted by atomic mass is 16.6. The van der Waals surface area contributed by atoms with Crippen molar-refractivity contribution in [3.63, 3.8) is 0 Å². The summed E-state index contributed by atoms with van der Waals surface area (Å²) in [5.41, 5.74) is 0.517. The van der Waals surface area contributed by atoms with Crippen molar-refractivity contribution in [1.29, 1.82) is 0 Å². The van der Waals surface area contributed by atoms with Gasteiger partial charge in [0, 0.05) is 26.0 Å². The second-order valence-electron chi connectivity index (χ2n) is 5.89. The molecule has 0 aliphatic carbocycles. The maximum absolute atomic E-state index is 12.6. The standard InChI is InChI=1S/C18H28N2O6/c1-5-23-12-10-26-18(16(25-7-3)15(12)24-6-2)20-17(22)13-14(21)11(4)8-9-19-13/h8-9,12,15-16,18,21H,5-7,10H2,1-4H3,(H,20,22)/t12-,15+,16-,18-/m1/s1. The van der Waals surface area contributed by atoms with Gasteiger partial charge in [0.15, 0.2) is 11.9 Å². The average molecular weight is 368 g/mol. The Labute approximate surface area is 153 Å². The summed E-state index contributed by atoms with van der Waals surface area (Å²) in [5, 5.41) is 12.8. The Balaban J connectivity index is 2.18. The smallest absolute Gasteiger partial charge is 0.275 e. The summed E-state index contributed by atoms with van der Waals surface area (Å²) in [5.74, 6) is -0.687. The van der Waals surface area contributed by atoms with Crippen molar-refractivity contribution in [3.05, 3.63) is 23.5 Å². The number of ether oxygens (including phenoxy) is 4. The van der Waals surface area contributed by atoms with Crippen LogP contribution in [-0.2, 0) is 18.9 Å². The van der Waals surface area contributed by atoms with E-state index in [-0.39, 0.29) is 30.3 Å². The van der Waals surface area contributed by atoms with E-state index in [1.54, 1.807) is 13.0 Å². The first-order valence-corrected chi connectivity index (χ1v) is 8.95. The number of aromatic nitrogens is 1. The molecule has 4 atom stereocenters. The average Bonchev–Trinajstić information content (AvgIpc) is 2.62. The van der Waals surface area contributed by atoms with Crippen LogP contribution < -0.4 is 5.32 Å². The Bertz CT molecular complexity index is 597. The van der Waals surface area contributed by atoms with Crippen molar-refractivity contribution in [3.8, 4) is 5.75 Å². The number of hydrogen-bond acceptors (Lipinski definition) is 7. The summed E-state index contributed by atoms with van der Waals surface area (Å²) in [4.78, 5) is 16.5. The molecule has 2 rings (SSSR count). The van der Waals surface area contributed by atoms with Crippen molar-refractivity contribution >= 4 is 5.91 Å². The minimum atomic E-state index is -0.739. The van der Waals surface area contributed by atoms with Gasteiger partial charge in [-0.2, -0.15) is 0 Å². The SMILES string of the molecule is CCO[C@@H]1[C@@H](OCC)[C@H](OCC)CO[C@H]1NC(=O)c1nccc(C)c1O. The van der Waals surface area contributed by atoms with Crippen LogP contribution >= 0.6 is 0 Å². The van der Waals surface area contributed by atoms with Crippen molar-refractivity contribution in [2.24, 2.45) is 0 Å². The van der Waals surface area contributed by atoms with Gasteiger partial charge >= 0.3 is 0 Å². The minimum absolute atomic E-state index is 0.0521. The summed E-state index contributed by atoms with van der Waals surface area (Å²) >= 11 is 0. The van der Waals surface area contributed by atoms with Gasteiger partial charge in [0.1, 0.15) is 24.1 Å². The summed E-state index contributed by atoms with van der Waals surface area (Å²) in [6, 6.07) is 1.63. The van der Waals surface area contributed by atoms with E-state index in [4.69, 9.17) is 18.9 Å². The number of carbonyl (C=O) groups is 1. The van der Waals surface area contributed by atoms with Crippen LogP contribution in [0.2, 0.25) is 0 Å². The summed E-state index contributed by atoms with van der Waals surface area (Å²) in [6.07, 6.45) is -0.466. The molecule has 0 aromatic carbocycles. The lowest BCUT2D eigenvalue weighted by Crippen LogP contribution is -2.61. The number of aryl methyl sites for hydroxylation is 1. The third kappa shape index (κ3) is 4.70. The van der Waals surface area contributed by atoms with E-state index in [0.717, 1.165) is 0 Å². The lowest BCUT2D eigenvalue weighted by atomic mass is 10.0. The topological polar surface area (TPSA) is 99.1 Å². The molecule has 0 unspecified atom stereocenters. The number of hydrogen-bond donors (Lipinski definition) is 2. The number of aromatic hydroxyl groups is 1. The monoisotopic (exact) mass is 368 g/mol. The van der Waals surface area contributed by atoms with Crippen LogP contribution in [0.4, 0.5) is 0 Å². The fourth-order valence-corrected chi connectivity index (χ4v) is 2.94. The molecule has 8 nitrogen and oxygen atoms in total. The molecule has 1 aliphatic rings. The number of carbonyl (C=O) groups excluding carboxylic acids is 1. The first kappa shape index (κ1) is 20.6. The van der Waals surface area contributed by atoms with Crippen LogP contribution in [0.3, 0.4) is 0 Å². The van der Waals surface area contributed by atoms with Crippen LogP contribution in [0, 0.1) is 6.92 Å². The van der Waals surface area contributed by atoms with Gasteiger partial charge in [-0.05, 0) is 39.3 Å². The molecular weight excluding hydrogens is 340 g/mol. The molecule has 0 bridgehead atoms. The van der Waals surface area contributed by atoms with Gasteiger partial charge < -0.3 is 29.4 Å². The third-order valence-electron chi connectivity index (χ3n) is 4.14. The number of pyridine rings is 1. The molecule has 146 valence electrons. The zero-order valence-electron chi connectivity index (χ0n) is 15.7. The van der Waals surface area contributed by atoms with Gasteiger partial charge in [0.2, 0.25) is 0 Å². The van der Waals surface area contributed by atoms with E-state index < -0.39 is 18.2 Å². The molecule has 2 heterocycles. The second-order valence-corrected chi connectivity index (χ2v) is 5.89. The van der Waals surface area contributed by atoms with E-state index in [1.165, 1.54) is 6.20 Å². The molecule has 8 heteroatoms. The van der Waals surface area contributed by atoms with Crippen LogP contribution in [-0.4, -0.2) is 67.0 Å². The maximum atomic E-state index is 12.6. The van der Waals surface area contributed by atoms with E-state index in [9.17, 15) is 9.90 Å². The number of nitrogens with zero attached hydrogens (tertiary/aromatic N) is 1. The molecule has 1 amide bonds. The minimum Gasteiger partial charge on any atom is -0.505 e. The zero-order valence-corrected chi connectivity index (χ0v) is 15.7. The first-order valence-electron chi connectivity index (χ1n) is 8.95. The quantitative estimate of drug-likeness (QED) is 0.715. The highest BCUT2D eigenvalue weighted by molar-refractivity contribution is 5.95. The molecule has 1 fully saturated rings. The summed E-state index contributed by atoms with van der Waals surface area (Å²) in [6.45, 7) is 9.05. The van der Waals surface area contributed by atoms with Gasteiger partial charge in [0.25, 0.3) is 5.91 Å². The van der Waals surface area contributed by atoms with Crippen molar-refractivity contribution in [2.75, 3.05) is 26.4 Å².